The third kappa shape index (κ3) is 3.58. The molecule has 0 spiro atoms. The first-order valence-corrected chi connectivity index (χ1v) is 8.42. The Kier molecular flexibility index (Phi) is 5.16. The van der Waals surface area contributed by atoms with Gasteiger partial charge in [-0.15, -0.1) is 0 Å². The molecule has 1 fully saturated rings. The first kappa shape index (κ1) is 15.4. The zero-order valence-corrected chi connectivity index (χ0v) is 13.9. The molecule has 1 aliphatic rings. The number of nitrogens with zero attached hydrogens (tertiary/aromatic N) is 1. The van der Waals surface area contributed by atoms with E-state index in [9.17, 15) is 4.79 Å². The van der Waals surface area contributed by atoms with Crippen LogP contribution in [-0.4, -0.2) is 34.7 Å². The quantitative estimate of drug-likeness (QED) is 0.835. The summed E-state index contributed by atoms with van der Waals surface area (Å²) in [5.74, 6) is 0.176. The Balaban J connectivity index is 2.37. The molecule has 1 heterocycles. The molecule has 0 radical (unpaired) electrons. The molecule has 0 amide bonds. The monoisotopic (exact) mass is 355 g/mol. The van der Waals surface area contributed by atoms with Gasteiger partial charge in [0.1, 0.15) is 0 Å². The summed E-state index contributed by atoms with van der Waals surface area (Å²) >= 11 is 5.44. The summed E-state index contributed by atoms with van der Waals surface area (Å²) in [6.07, 6.45) is 2.86. The molecule has 1 aliphatic heterocycles. The fourth-order valence-electron chi connectivity index (χ4n) is 2.35. The van der Waals surface area contributed by atoms with Gasteiger partial charge in [0.15, 0.2) is 0 Å². The Labute approximate surface area is 132 Å². The van der Waals surface area contributed by atoms with E-state index in [0.29, 0.717) is 11.3 Å². The van der Waals surface area contributed by atoms with Crippen molar-refractivity contribution in [3.8, 4) is 0 Å². The van der Waals surface area contributed by atoms with Crippen molar-refractivity contribution < 1.29 is 9.90 Å². The van der Waals surface area contributed by atoms with Gasteiger partial charge in [-0.2, -0.15) is 11.8 Å². The second-order valence-corrected chi connectivity index (χ2v) is 7.29. The normalized spacial score (nSPS) is 23.2. The number of rotatable bonds is 3. The molecule has 2 atom stereocenters. The Bertz CT molecular complexity index is 533. The number of benzene rings is 1. The SMILES string of the molecule is CC1SCCN(c2ccc(Br)cc2/C=C/C(=O)O)C1C. The van der Waals surface area contributed by atoms with E-state index in [1.165, 1.54) is 6.08 Å². The second-order valence-electron chi connectivity index (χ2n) is 4.88. The van der Waals surface area contributed by atoms with Gasteiger partial charge in [0.2, 0.25) is 0 Å². The van der Waals surface area contributed by atoms with E-state index in [0.717, 1.165) is 28.0 Å². The van der Waals surface area contributed by atoms with Crippen molar-refractivity contribution in [3.63, 3.8) is 0 Å². The molecular weight excluding hydrogens is 338 g/mol. The van der Waals surface area contributed by atoms with Gasteiger partial charge >= 0.3 is 5.97 Å². The van der Waals surface area contributed by atoms with E-state index in [2.05, 4.69) is 40.7 Å². The Hall–Kier alpha value is -0.940. The first-order chi connectivity index (χ1) is 9.49. The maximum Gasteiger partial charge on any atom is 0.328 e. The number of carboxylic acid groups (broad SMARTS) is 1. The van der Waals surface area contributed by atoms with Crippen LogP contribution in [0.5, 0.6) is 0 Å². The number of anilines is 1. The zero-order valence-electron chi connectivity index (χ0n) is 11.5. The average molecular weight is 356 g/mol. The van der Waals surface area contributed by atoms with Gasteiger partial charge < -0.3 is 10.0 Å². The predicted octanol–water partition coefficient (Wildman–Crippen LogP) is 3.88. The van der Waals surface area contributed by atoms with E-state index >= 15 is 0 Å². The third-order valence-electron chi connectivity index (χ3n) is 3.59. The van der Waals surface area contributed by atoms with Crippen LogP contribution in [0, 0.1) is 0 Å². The highest BCUT2D eigenvalue weighted by Gasteiger charge is 2.26. The number of halogens is 1. The fourth-order valence-corrected chi connectivity index (χ4v) is 3.83. The van der Waals surface area contributed by atoms with E-state index in [1.807, 2.05) is 23.9 Å². The Morgan fingerprint density at radius 3 is 2.95 bits per heavy atom. The Morgan fingerprint density at radius 2 is 2.25 bits per heavy atom. The average Bonchev–Trinajstić information content (AvgIpc) is 2.40. The molecule has 1 saturated heterocycles. The van der Waals surface area contributed by atoms with E-state index < -0.39 is 5.97 Å². The summed E-state index contributed by atoms with van der Waals surface area (Å²) in [7, 11) is 0. The van der Waals surface area contributed by atoms with Crippen molar-refractivity contribution >= 4 is 45.4 Å². The van der Waals surface area contributed by atoms with Gasteiger partial charge in [-0.25, -0.2) is 4.79 Å². The predicted molar refractivity (Wildman–Crippen MR) is 89.5 cm³/mol. The highest BCUT2D eigenvalue weighted by molar-refractivity contribution is 9.10. The van der Waals surface area contributed by atoms with Crippen LogP contribution in [0.15, 0.2) is 28.7 Å². The van der Waals surface area contributed by atoms with Crippen LogP contribution < -0.4 is 4.90 Å². The lowest BCUT2D eigenvalue weighted by Crippen LogP contribution is -2.45. The van der Waals surface area contributed by atoms with Crippen LogP contribution >= 0.6 is 27.7 Å². The minimum atomic E-state index is -0.924. The number of thioether (sulfide) groups is 1. The van der Waals surface area contributed by atoms with Gasteiger partial charge in [-0.05, 0) is 36.8 Å². The number of hydrogen-bond donors (Lipinski definition) is 1. The summed E-state index contributed by atoms with van der Waals surface area (Å²) in [6.45, 7) is 5.46. The molecule has 1 aromatic rings. The lowest BCUT2D eigenvalue weighted by molar-refractivity contribution is -0.131. The molecular formula is C15H18BrNO2S. The van der Waals surface area contributed by atoms with Gasteiger partial charge in [0.25, 0.3) is 0 Å². The Morgan fingerprint density at radius 1 is 1.50 bits per heavy atom. The molecule has 5 heteroatoms. The molecule has 2 rings (SSSR count). The summed E-state index contributed by atoms with van der Waals surface area (Å²) in [5, 5.41) is 9.40. The number of carboxylic acids is 1. The smallest absolute Gasteiger partial charge is 0.328 e. The van der Waals surface area contributed by atoms with Gasteiger partial charge in [0, 0.05) is 39.8 Å². The zero-order chi connectivity index (χ0) is 14.7. The van der Waals surface area contributed by atoms with Crippen molar-refractivity contribution in [2.24, 2.45) is 0 Å². The minimum Gasteiger partial charge on any atom is -0.478 e. The maximum atomic E-state index is 10.7. The molecule has 2 unspecified atom stereocenters. The van der Waals surface area contributed by atoms with Gasteiger partial charge in [-0.1, -0.05) is 22.9 Å². The van der Waals surface area contributed by atoms with Crippen LogP contribution in [0.2, 0.25) is 0 Å². The molecule has 1 N–H and O–H groups in total. The summed E-state index contributed by atoms with van der Waals surface area (Å²) in [5.41, 5.74) is 2.04. The summed E-state index contributed by atoms with van der Waals surface area (Å²) in [4.78, 5) is 13.1. The lowest BCUT2D eigenvalue weighted by Gasteiger charge is -2.40. The number of aliphatic carboxylic acids is 1. The largest absolute Gasteiger partial charge is 0.478 e. The third-order valence-corrected chi connectivity index (χ3v) is 5.42. The van der Waals surface area contributed by atoms with Crippen LogP contribution in [0.1, 0.15) is 19.4 Å². The van der Waals surface area contributed by atoms with E-state index in [1.54, 1.807) is 6.08 Å². The molecule has 3 nitrogen and oxygen atoms in total. The molecule has 108 valence electrons. The van der Waals surface area contributed by atoms with Crippen LogP contribution in [0.4, 0.5) is 5.69 Å². The first-order valence-electron chi connectivity index (χ1n) is 6.58. The molecule has 0 saturated carbocycles. The van der Waals surface area contributed by atoms with Crippen molar-refractivity contribution in [1.82, 2.24) is 0 Å². The minimum absolute atomic E-state index is 0.437. The summed E-state index contributed by atoms with van der Waals surface area (Å²) < 4.78 is 0.957. The van der Waals surface area contributed by atoms with Gasteiger partial charge in [-0.3, -0.25) is 0 Å². The fraction of sp³-hybridized carbons (Fsp3) is 0.400. The van der Waals surface area contributed by atoms with Crippen LogP contribution in [0.25, 0.3) is 6.08 Å². The standard InChI is InChI=1S/C15H18BrNO2S/c1-10-11(2)20-8-7-17(10)14-5-4-13(16)9-12(14)3-6-15(18)19/h3-6,9-11H,7-8H2,1-2H3,(H,18,19)/b6-3+. The topological polar surface area (TPSA) is 40.5 Å². The lowest BCUT2D eigenvalue weighted by atomic mass is 10.1. The maximum absolute atomic E-state index is 10.7. The van der Waals surface area contributed by atoms with Crippen LogP contribution in [0.3, 0.4) is 0 Å². The van der Waals surface area contributed by atoms with Crippen LogP contribution in [-0.2, 0) is 4.79 Å². The van der Waals surface area contributed by atoms with Crippen molar-refractivity contribution in [2.75, 3.05) is 17.2 Å². The number of hydrogen-bond acceptors (Lipinski definition) is 3. The van der Waals surface area contributed by atoms with Gasteiger partial charge in [0.05, 0.1) is 0 Å². The summed E-state index contributed by atoms with van der Waals surface area (Å²) in [6, 6.07) is 6.47. The molecule has 1 aromatic carbocycles. The van der Waals surface area contributed by atoms with E-state index in [4.69, 9.17) is 5.11 Å². The number of carbonyl (C=O) groups is 1. The van der Waals surface area contributed by atoms with Crippen molar-refractivity contribution in [1.29, 1.82) is 0 Å². The highest BCUT2D eigenvalue weighted by atomic mass is 79.9. The molecule has 0 bridgehead atoms. The second kappa shape index (κ2) is 6.68. The van der Waals surface area contributed by atoms with Crippen molar-refractivity contribution in [3.05, 3.63) is 34.3 Å². The molecule has 0 aliphatic carbocycles. The van der Waals surface area contributed by atoms with E-state index in [-0.39, 0.29) is 0 Å². The highest BCUT2D eigenvalue weighted by Crippen LogP contribution is 2.33. The molecule has 20 heavy (non-hydrogen) atoms. The van der Waals surface area contributed by atoms with Crippen molar-refractivity contribution in [2.45, 2.75) is 25.1 Å². The molecule has 0 aromatic heterocycles.